The maximum Gasteiger partial charge on any atom is 0.173 e. The van der Waals surface area contributed by atoms with Crippen molar-refractivity contribution >= 4 is 11.6 Å². The van der Waals surface area contributed by atoms with Gasteiger partial charge in [0.25, 0.3) is 0 Å². The van der Waals surface area contributed by atoms with E-state index < -0.39 is 5.92 Å². The van der Waals surface area contributed by atoms with Crippen LogP contribution >= 0.6 is 0 Å². The molecule has 3 nitrogen and oxygen atoms in total. The van der Waals surface area contributed by atoms with E-state index in [2.05, 4.69) is 0 Å². The predicted octanol–water partition coefficient (Wildman–Crippen LogP) is 3.46. The monoisotopic (exact) mass is 280 g/mol. The van der Waals surface area contributed by atoms with Gasteiger partial charge in [0.1, 0.15) is 5.75 Å². The van der Waals surface area contributed by atoms with Crippen LogP contribution in [-0.4, -0.2) is 18.2 Å². The minimum atomic E-state index is -0.396. The number of hydrogen-bond acceptors (Lipinski definition) is 3. The topological polar surface area (TPSA) is 43.4 Å². The molecule has 0 saturated carbocycles. The van der Waals surface area contributed by atoms with Crippen molar-refractivity contribution in [3.05, 3.63) is 65.2 Å². The van der Waals surface area contributed by atoms with Gasteiger partial charge in [-0.05, 0) is 19.1 Å². The molecule has 0 amide bonds. The second-order valence-electron chi connectivity index (χ2n) is 5.37. The number of ketones is 2. The molecule has 1 atom stereocenters. The Morgan fingerprint density at radius 1 is 1.19 bits per heavy atom. The Morgan fingerprint density at radius 2 is 1.95 bits per heavy atom. The van der Waals surface area contributed by atoms with Gasteiger partial charge < -0.3 is 4.74 Å². The second kappa shape index (κ2) is 5.52. The predicted molar refractivity (Wildman–Crippen MR) is 79.9 cm³/mol. The summed E-state index contributed by atoms with van der Waals surface area (Å²) >= 11 is 0. The molecule has 21 heavy (non-hydrogen) atoms. The lowest BCUT2D eigenvalue weighted by atomic mass is 9.89. The van der Waals surface area contributed by atoms with Crippen molar-refractivity contribution in [3.8, 4) is 5.75 Å². The molecular formula is C18H16O3. The Kier molecular flexibility index (Phi) is 3.57. The molecule has 0 spiro atoms. The molecule has 1 unspecified atom stereocenters. The van der Waals surface area contributed by atoms with E-state index in [1.54, 1.807) is 12.1 Å². The smallest absolute Gasteiger partial charge is 0.173 e. The van der Waals surface area contributed by atoms with Crippen molar-refractivity contribution in [1.82, 2.24) is 0 Å². The lowest BCUT2D eigenvalue weighted by molar-refractivity contribution is 0.0768. The zero-order valence-electron chi connectivity index (χ0n) is 11.8. The number of ether oxygens (including phenoxy) is 1. The summed E-state index contributed by atoms with van der Waals surface area (Å²) in [5, 5.41) is 0. The van der Waals surface area contributed by atoms with E-state index in [1.807, 2.05) is 43.3 Å². The van der Waals surface area contributed by atoms with Crippen LogP contribution in [0.5, 0.6) is 5.75 Å². The molecule has 1 heterocycles. The fourth-order valence-electron chi connectivity index (χ4n) is 2.57. The largest absolute Gasteiger partial charge is 0.492 e. The highest BCUT2D eigenvalue weighted by molar-refractivity contribution is 6.05. The lowest BCUT2D eigenvalue weighted by Crippen LogP contribution is -2.29. The Morgan fingerprint density at radius 3 is 2.71 bits per heavy atom. The molecule has 0 aromatic heterocycles. The van der Waals surface area contributed by atoms with Crippen LogP contribution in [0.1, 0.15) is 32.7 Å². The number of carbonyl (C=O) groups excluding carboxylic acids is 2. The molecule has 2 aromatic carbocycles. The molecule has 0 fully saturated rings. The highest BCUT2D eigenvalue weighted by atomic mass is 16.5. The molecule has 0 bridgehead atoms. The Labute approximate surface area is 123 Å². The van der Waals surface area contributed by atoms with Gasteiger partial charge in [-0.3, -0.25) is 9.59 Å². The van der Waals surface area contributed by atoms with Crippen molar-refractivity contribution in [1.29, 1.82) is 0 Å². The van der Waals surface area contributed by atoms with Crippen molar-refractivity contribution in [2.45, 2.75) is 13.3 Å². The van der Waals surface area contributed by atoms with Crippen LogP contribution in [0.15, 0.2) is 48.5 Å². The molecule has 106 valence electrons. The van der Waals surface area contributed by atoms with E-state index in [9.17, 15) is 9.59 Å². The SMILES string of the molecule is Cc1ccc2c(c1)C(=O)C(CC(=O)c1ccccc1)CO2. The van der Waals surface area contributed by atoms with Crippen LogP contribution in [-0.2, 0) is 0 Å². The van der Waals surface area contributed by atoms with E-state index in [1.165, 1.54) is 0 Å². The average Bonchev–Trinajstić information content (AvgIpc) is 2.51. The first-order chi connectivity index (χ1) is 10.1. The number of Topliss-reactive ketones (excluding diaryl/α,β-unsaturated/α-hetero) is 2. The Bertz CT molecular complexity index is 689. The molecule has 0 saturated heterocycles. The first-order valence-electron chi connectivity index (χ1n) is 7.01. The van der Waals surface area contributed by atoms with E-state index in [0.717, 1.165) is 5.56 Å². The Balaban J connectivity index is 1.79. The summed E-state index contributed by atoms with van der Waals surface area (Å²) in [7, 11) is 0. The molecule has 0 N–H and O–H groups in total. The van der Waals surface area contributed by atoms with Crippen molar-refractivity contribution in [2.24, 2.45) is 5.92 Å². The van der Waals surface area contributed by atoms with Crippen molar-refractivity contribution in [3.63, 3.8) is 0 Å². The first-order valence-corrected chi connectivity index (χ1v) is 7.01. The van der Waals surface area contributed by atoms with Crippen molar-refractivity contribution in [2.75, 3.05) is 6.61 Å². The first kappa shape index (κ1) is 13.6. The summed E-state index contributed by atoms with van der Waals surface area (Å²) in [6, 6.07) is 14.6. The maximum absolute atomic E-state index is 12.5. The minimum absolute atomic E-state index is 0.00392. The number of rotatable bonds is 3. The highest BCUT2D eigenvalue weighted by Crippen LogP contribution is 2.30. The van der Waals surface area contributed by atoms with Crippen LogP contribution in [0.4, 0.5) is 0 Å². The summed E-state index contributed by atoms with van der Waals surface area (Å²) in [6.45, 7) is 2.21. The van der Waals surface area contributed by atoms with Gasteiger partial charge in [-0.1, -0.05) is 42.0 Å². The summed E-state index contributed by atoms with van der Waals surface area (Å²) in [5.41, 5.74) is 2.24. The highest BCUT2D eigenvalue weighted by Gasteiger charge is 2.30. The molecule has 1 aliphatic rings. The molecule has 1 aliphatic heterocycles. The van der Waals surface area contributed by atoms with Crippen LogP contribution in [0.3, 0.4) is 0 Å². The maximum atomic E-state index is 12.5. The fourth-order valence-corrected chi connectivity index (χ4v) is 2.57. The number of benzene rings is 2. The quantitative estimate of drug-likeness (QED) is 0.809. The molecule has 3 rings (SSSR count). The molecule has 0 aliphatic carbocycles. The number of aryl methyl sites for hydroxylation is 1. The van der Waals surface area contributed by atoms with Crippen molar-refractivity contribution < 1.29 is 14.3 Å². The minimum Gasteiger partial charge on any atom is -0.492 e. The van der Waals surface area contributed by atoms with Gasteiger partial charge in [0, 0.05) is 12.0 Å². The Hall–Kier alpha value is -2.42. The lowest BCUT2D eigenvalue weighted by Gasteiger charge is -2.24. The third-order valence-corrected chi connectivity index (χ3v) is 3.74. The summed E-state index contributed by atoms with van der Waals surface area (Å²) in [5.74, 6) is 0.207. The summed E-state index contributed by atoms with van der Waals surface area (Å²) in [6.07, 6.45) is 0.191. The van der Waals surface area contributed by atoms with Gasteiger partial charge in [-0.2, -0.15) is 0 Å². The summed E-state index contributed by atoms with van der Waals surface area (Å²) < 4.78 is 5.63. The van der Waals surface area contributed by atoms with Crippen LogP contribution in [0, 0.1) is 12.8 Å². The summed E-state index contributed by atoms with van der Waals surface area (Å²) in [4.78, 5) is 24.7. The van der Waals surface area contributed by atoms with Gasteiger partial charge >= 0.3 is 0 Å². The zero-order chi connectivity index (χ0) is 14.8. The number of carbonyl (C=O) groups is 2. The number of hydrogen-bond donors (Lipinski definition) is 0. The van der Waals surface area contributed by atoms with E-state index in [4.69, 9.17) is 4.74 Å². The molecular weight excluding hydrogens is 264 g/mol. The van der Waals surface area contributed by atoms with E-state index in [-0.39, 0.29) is 24.6 Å². The van der Waals surface area contributed by atoms with Crippen LogP contribution < -0.4 is 4.74 Å². The van der Waals surface area contributed by atoms with Gasteiger partial charge in [0.15, 0.2) is 11.6 Å². The van der Waals surface area contributed by atoms with E-state index in [0.29, 0.717) is 16.9 Å². The molecule has 3 heteroatoms. The second-order valence-corrected chi connectivity index (χ2v) is 5.37. The third-order valence-electron chi connectivity index (χ3n) is 3.74. The van der Waals surface area contributed by atoms with Gasteiger partial charge in [-0.15, -0.1) is 0 Å². The zero-order valence-corrected chi connectivity index (χ0v) is 11.8. The van der Waals surface area contributed by atoms with Crippen LogP contribution in [0.2, 0.25) is 0 Å². The normalized spacial score (nSPS) is 17.0. The average molecular weight is 280 g/mol. The number of fused-ring (bicyclic) bond motifs is 1. The van der Waals surface area contributed by atoms with Gasteiger partial charge in [0.2, 0.25) is 0 Å². The standard InChI is InChI=1S/C18H16O3/c1-12-7-8-17-15(9-12)18(20)14(11-21-17)10-16(19)13-5-3-2-4-6-13/h2-9,14H,10-11H2,1H3. The van der Waals surface area contributed by atoms with Gasteiger partial charge in [0.05, 0.1) is 18.1 Å². The molecule has 2 aromatic rings. The third kappa shape index (κ3) is 2.72. The van der Waals surface area contributed by atoms with Gasteiger partial charge in [-0.25, -0.2) is 0 Å². The van der Waals surface area contributed by atoms with Crippen LogP contribution in [0.25, 0.3) is 0 Å². The van der Waals surface area contributed by atoms with E-state index >= 15 is 0 Å². The molecule has 0 radical (unpaired) electrons. The fraction of sp³-hybridized carbons (Fsp3) is 0.222.